The van der Waals surface area contributed by atoms with Gasteiger partial charge >= 0.3 is 5.97 Å². The molecule has 1 N–H and O–H groups in total. The quantitative estimate of drug-likeness (QED) is 0.813. The topological polar surface area (TPSA) is 40.5 Å². The zero-order chi connectivity index (χ0) is 12.1. The zero-order valence-corrected chi connectivity index (χ0v) is 9.80. The Morgan fingerprint density at radius 2 is 1.76 bits per heavy atom. The minimum atomic E-state index is -0.837. The molecule has 1 aliphatic heterocycles. The summed E-state index contributed by atoms with van der Waals surface area (Å²) >= 11 is 0. The second kappa shape index (κ2) is 5.53. The highest BCUT2D eigenvalue weighted by Crippen LogP contribution is 2.17. The number of rotatable bonds is 3. The SMILES string of the molecule is O=C(O)C(=Cc1ccccc1)N1CCCCC1. The maximum atomic E-state index is 11.3. The average Bonchev–Trinajstić information content (AvgIpc) is 2.38. The van der Waals surface area contributed by atoms with E-state index in [9.17, 15) is 9.90 Å². The smallest absolute Gasteiger partial charge is 0.352 e. The molecule has 1 aliphatic rings. The predicted octanol–water partition coefficient (Wildman–Crippen LogP) is 2.60. The number of piperidine rings is 1. The van der Waals surface area contributed by atoms with Crippen LogP contribution in [0.15, 0.2) is 36.0 Å². The summed E-state index contributed by atoms with van der Waals surface area (Å²) in [7, 11) is 0. The van der Waals surface area contributed by atoms with Gasteiger partial charge in [-0.1, -0.05) is 30.3 Å². The van der Waals surface area contributed by atoms with Gasteiger partial charge in [-0.3, -0.25) is 0 Å². The Bertz CT molecular complexity index is 405. The van der Waals surface area contributed by atoms with Gasteiger partial charge < -0.3 is 10.0 Å². The van der Waals surface area contributed by atoms with Crippen molar-refractivity contribution in [2.45, 2.75) is 19.3 Å². The van der Waals surface area contributed by atoms with Gasteiger partial charge in [0.15, 0.2) is 0 Å². The summed E-state index contributed by atoms with van der Waals surface area (Å²) in [6.45, 7) is 1.70. The summed E-state index contributed by atoms with van der Waals surface area (Å²) in [6, 6.07) is 9.61. The molecule has 0 radical (unpaired) electrons. The van der Waals surface area contributed by atoms with E-state index in [4.69, 9.17) is 0 Å². The van der Waals surface area contributed by atoms with Gasteiger partial charge in [-0.25, -0.2) is 4.79 Å². The summed E-state index contributed by atoms with van der Waals surface area (Å²) in [6.07, 6.45) is 5.13. The van der Waals surface area contributed by atoms with Crippen LogP contribution in [-0.2, 0) is 4.79 Å². The normalized spacial score (nSPS) is 16.9. The Labute approximate surface area is 101 Å². The largest absolute Gasteiger partial charge is 0.477 e. The molecule has 17 heavy (non-hydrogen) atoms. The molecule has 0 aliphatic carbocycles. The molecular formula is C14H17NO2. The summed E-state index contributed by atoms with van der Waals surface area (Å²) in [5.41, 5.74) is 1.35. The first-order chi connectivity index (χ1) is 8.27. The average molecular weight is 231 g/mol. The van der Waals surface area contributed by atoms with E-state index in [-0.39, 0.29) is 0 Å². The highest BCUT2D eigenvalue weighted by molar-refractivity contribution is 5.91. The minimum absolute atomic E-state index is 0.413. The van der Waals surface area contributed by atoms with E-state index >= 15 is 0 Å². The lowest BCUT2D eigenvalue weighted by Gasteiger charge is -2.28. The molecule has 2 rings (SSSR count). The molecule has 90 valence electrons. The van der Waals surface area contributed by atoms with Gasteiger partial charge in [-0.15, -0.1) is 0 Å². The number of nitrogens with zero attached hydrogens (tertiary/aromatic N) is 1. The molecule has 3 heteroatoms. The number of carboxylic acids is 1. The van der Waals surface area contributed by atoms with Crippen molar-refractivity contribution in [3.63, 3.8) is 0 Å². The summed E-state index contributed by atoms with van der Waals surface area (Å²) in [5.74, 6) is -0.837. The molecule has 0 bridgehead atoms. The monoisotopic (exact) mass is 231 g/mol. The molecule has 0 unspecified atom stereocenters. The third-order valence-electron chi connectivity index (χ3n) is 3.02. The van der Waals surface area contributed by atoms with Crippen molar-refractivity contribution in [1.29, 1.82) is 0 Å². The van der Waals surface area contributed by atoms with E-state index in [0.717, 1.165) is 31.5 Å². The molecule has 1 aromatic rings. The van der Waals surface area contributed by atoms with E-state index in [0.29, 0.717) is 5.70 Å². The molecule has 0 atom stereocenters. The minimum Gasteiger partial charge on any atom is -0.477 e. The van der Waals surface area contributed by atoms with Gasteiger partial charge in [-0.05, 0) is 30.9 Å². The molecule has 0 aromatic heterocycles. The Kier molecular flexibility index (Phi) is 3.81. The second-order valence-corrected chi connectivity index (χ2v) is 4.29. The third-order valence-corrected chi connectivity index (χ3v) is 3.02. The molecule has 1 saturated heterocycles. The first-order valence-electron chi connectivity index (χ1n) is 6.02. The molecular weight excluding hydrogens is 214 g/mol. The standard InChI is InChI=1S/C14H17NO2/c16-14(17)13(15-9-5-2-6-10-15)11-12-7-3-1-4-8-12/h1,3-4,7-8,11H,2,5-6,9-10H2,(H,16,17). The fraction of sp³-hybridized carbons (Fsp3) is 0.357. The number of hydrogen-bond donors (Lipinski definition) is 1. The van der Waals surface area contributed by atoms with E-state index in [2.05, 4.69) is 0 Å². The maximum Gasteiger partial charge on any atom is 0.352 e. The van der Waals surface area contributed by atoms with E-state index in [1.54, 1.807) is 6.08 Å². The van der Waals surface area contributed by atoms with Crippen LogP contribution in [-0.4, -0.2) is 29.1 Å². The first kappa shape index (κ1) is 11.7. The number of hydrogen-bond acceptors (Lipinski definition) is 2. The van der Waals surface area contributed by atoms with Crippen molar-refractivity contribution in [1.82, 2.24) is 4.90 Å². The lowest BCUT2D eigenvalue weighted by molar-refractivity contribution is -0.134. The van der Waals surface area contributed by atoms with Crippen LogP contribution in [0.25, 0.3) is 6.08 Å². The van der Waals surface area contributed by atoms with Gasteiger partial charge in [0.1, 0.15) is 5.70 Å². The van der Waals surface area contributed by atoms with Gasteiger partial charge in [0.25, 0.3) is 0 Å². The van der Waals surface area contributed by atoms with E-state index < -0.39 is 5.97 Å². The van der Waals surface area contributed by atoms with E-state index in [1.807, 2.05) is 35.2 Å². The lowest BCUT2D eigenvalue weighted by atomic mass is 10.1. The molecule has 0 spiro atoms. The van der Waals surface area contributed by atoms with E-state index in [1.165, 1.54) is 6.42 Å². The Hall–Kier alpha value is -1.77. The van der Waals surface area contributed by atoms with Crippen molar-refractivity contribution < 1.29 is 9.90 Å². The van der Waals surface area contributed by atoms with Gasteiger partial charge in [0.2, 0.25) is 0 Å². The van der Waals surface area contributed by atoms with Crippen LogP contribution in [0.4, 0.5) is 0 Å². The summed E-state index contributed by atoms with van der Waals surface area (Å²) in [4.78, 5) is 13.3. The number of carbonyl (C=O) groups is 1. The van der Waals surface area contributed by atoms with Crippen LogP contribution in [0, 0.1) is 0 Å². The van der Waals surface area contributed by atoms with Crippen molar-refractivity contribution in [3.8, 4) is 0 Å². The Balaban J connectivity index is 2.22. The number of aliphatic carboxylic acids is 1. The second-order valence-electron chi connectivity index (χ2n) is 4.29. The maximum absolute atomic E-state index is 11.3. The van der Waals surface area contributed by atoms with Crippen LogP contribution in [0.1, 0.15) is 24.8 Å². The highest BCUT2D eigenvalue weighted by atomic mass is 16.4. The molecule has 1 fully saturated rings. The van der Waals surface area contributed by atoms with Crippen molar-refractivity contribution in [2.75, 3.05) is 13.1 Å². The zero-order valence-electron chi connectivity index (χ0n) is 9.80. The van der Waals surface area contributed by atoms with Crippen molar-refractivity contribution >= 4 is 12.0 Å². The Morgan fingerprint density at radius 1 is 1.12 bits per heavy atom. The number of benzene rings is 1. The molecule has 3 nitrogen and oxygen atoms in total. The summed E-state index contributed by atoms with van der Waals surface area (Å²) in [5, 5.41) is 9.28. The third kappa shape index (κ3) is 3.09. The predicted molar refractivity (Wildman–Crippen MR) is 67.5 cm³/mol. The highest BCUT2D eigenvalue weighted by Gasteiger charge is 2.18. The van der Waals surface area contributed by atoms with Gasteiger partial charge in [-0.2, -0.15) is 0 Å². The number of likely N-dealkylation sites (tertiary alicyclic amines) is 1. The van der Waals surface area contributed by atoms with Crippen molar-refractivity contribution in [2.24, 2.45) is 0 Å². The van der Waals surface area contributed by atoms with Gasteiger partial charge in [0.05, 0.1) is 0 Å². The van der Waals surface area contributed by atoms with Crippen LogP contribution >= 0.6 is 0 Å². The summed E-state index contributed by atoms with van der Waals surface area (Å²) < 4.78 is 0. The first-order valence-corrected chi connectivity index (χ1v) is 6.02. The van der Waals surface area contributed by atoms with Crippen LogP contribution in [0.3, 0.4) is 0 Å². The fourth-order valence-corrected chi connectivity index (χ4v) is 2.13. The number of carboxylic acid groups (broad SMARTS) is 1. The van der Waals surface area contributed by atoms with Crippen LogP contribution in [0.5, 0.6) is 0 Å². The lowest BCUT2D eigenvalue weighted by Crippen LogP contribution is -2.32. The molecule has 1 aromatic carbocycles. The van der Waals surface area contributed by atoms with Crippen molar-refractivity contribution in [3.05, 3.63) is 41.6 Å². The van der Waals surface area contributed by atoms with Crippen LogP contribution < -0.4 is 0 Å². The molecule has 0 saturated carbocycles. The van der Waals surface area contributed by atoms with Gasteiger partial charge in [0, 0.05) is 13.1 Å². The van der Waals surface area contributed by atoms with Crippen LogP contribution in [0.2, 0.25) is 0 Å². The molecule has 0 amide bonds. The molecule has 1 heterocycles. The fourth-order valence-electron chi connectivity index (χ4n) is 2.13. The Morgan fingerprint density at radius 3 is 2.35 bits per heavy atom.